The lowest BCUT2D eigenvalue weighted by molar-refractivity contribution is -0.150. The monoisotopic (exact) mass is 187 g/mol. The van der Waals surface area contributed by atoms with E-state index in [9.17, 15) is 5.11 Å². The number of piperazine rings is 1. The van der Waals surface area contributed by atoms with Gasteiger partial charge in [-0.25, -0.2) is 0 Å². The molecular formula is C9H21N3O. The third kappa shape index (κ3) is 2.20. The highest BCUT2D eigenvalue weighted by Crippen LogP contribution is 2.22. The maximum Gasteiger partial charge on any atom is 0.133 e. The molecule has 78 valence electrons. The highest BCUT2D eigenvalue weighted by atomic mass is 16.3. The number of nitrogens with zero attached hydrogens (tertiary/aromatic N) is 1. The summed E-state index contributed by atoms with van der Waals surface area (Å²) in [6.07, 6.45) is 0. The topological polar surface area (TPSA) is 61.5 Å². The largest absolute Gasteiger partial charge is 0.374 e. The van der Waals surface area contributed by atoms with Gasteiger partial charge in [-0.2, -0.15) is 0 Å². The van der Waals surface area contributed by atoms with E-state index in [4.69, 9.17) is 5.73 Å². The Kier molecular flexibility index (Phi) is 3.67. The Balaban J connectivity index is 2.65. The Morgan fingerprint density at radius 3 is 2.85 bits per heavy atom. The molecule has 1 fully saturated rings. The first-order valence-electron chi connectivity index (χ1n) is 4.99. The van der Waals surface area contributed by atoms with Crippen molar-refractivity contribution in [2.24, 2.45) is 11.7 Å². The molecule has 0 bridgehead atoms. The number of β-amino-alcohol motifs (C(OH)–C–C–N with tert-alkyl or cyclic N) is 1. The van der Waals surface area contributed by atoms with E-state index in [1.165, 1.54) is 0 Å². The average Bonchev–Trinajstić information content (AvgIpc) is 2.09. The molecule has 0 aromatic carbocycles. The summed E-state index contributed by atoms with van der Waals surface area (Å²) in [5.41, 5.74) is 4.80. The summed E-state index contributed by atoms with van der Waals surface area (Å²) in [7, 11) is 0. The van der Waals surface area contributed by atoms with E-state index in [-0.39, 0.29) is 5.92 Å². The van der Waals surface area contributed by atoms with Crippen molar-refractivity contribution in [3.63, 3.8) is 0 Å². The van der Waals surface area contributed by atoms with Crippen LogP contribution < -0.4 is 11.1 Å². The van der Waals surface area contributed by atoms with Gasteiger partial charge in [-0.1, -0.05) is 13.8 Å². The van der Waals surface area contributed by atoms with Crippen LogP contribution in [0, 0.1) is 5.92 Å². The van der Waals surface area contributed by atoms with Gasteiger partial charge in [0.25, 0.3) is 0 Å². The fourth-order valence-corrected chi connectivity index (χ4v) is 1.82. The molecule has 0 amide bonds. The Morgan fingerprint density at radius 2 is 2.31 bits per heavy atom. The van der Waals surface area contributed by atoms with Gasteiger partial charge in [-0.15, -0.1) is 0 Å². The number of nitrogens with two attached hydrogens (primary N) is 1. The maximum atomic E-state index is 10.3. The van der Waals surface area contributed by atoms with Crippen molar-refractivity contribution in [3.8, 4) is 0 Å². The second-order valence-electron chi connectivity index (χ2n) is 3.99. The van der Waals surface area contributed by atoms with Gasteiger partial charge in [0, 0.05) is 32.7 Å². The number of hydrogen-bond acceptors (Lipinski definition) is 4. The second-order valence-corrected chi connectivity index (χ2v) is 3.99. The quantitative estimate of drug-likeness (QED) is 0.541. The predicted molar refractivity (Wildman–Crippen MR) is 53.3 cm³/mol. The molecule has 4 nitrogen and oxygen atoms in total. The van der Waals surface area contributed by atoms with Gasteiger partial charge in [0.05, 0.1) is 0 Å². The third-order valence-corrected chi connectivity index (χ3v) is 2.81. The van der Waals surface area contributed by atoms with Crippen molar-refractivity contribution in [2.45, 2.75) is 19.6 Å². The van der Waals surface area contributed by atoms with Gasteiger partial charge in [-0.05, 0) is 5.92 Å². The molecule has 0 radical (unpaired) electrons. The van der Waals surface area contributed by atoms with Crippen molar-refractivity contribution >= 4 is 0 Å². The number of nitrogens with one attached hydrogen (secondary N) is 1. The number of aliphatic hydroxyl groups is 1. The highest BCUT2D eigenvalue weighted by Gasteiger charge is 2.38. The fourth-order valence-electron chi connectivity index (χ4n) is 1.82. The lowest BCUT2D eigenvalue weighted by Crippen LogP contribution is -2.64. The molecule has 4 heteroatoms. The summed E-state index contributed by atoms with van der Waals surface area (Å²) in [5.74, 6) is 0.229. The molecule has 1 unspecified atom stereocenters. The van der Waals surface area contributed by atoms with Crippen molar-refractivity contribution in [2.75, 3.05) is 32.7 Å². The van der Waals surface area contributed by atoms with Crippen LogP contribution in [0.2, 0.25) is 0 Å². The van der Waals surface area contributed by atoms with Gasteiger partial charge in [0.2, 0.25) is 0 Å². The summed E-state index contributed by atoms with van der Waals surface area (Å²) in [4.78, 5) is 2.08. The lowest BCUT2D eigenvalue weighted by Gasteiger charge is -2.46. The molecule has 0 aromatic heterocycles. The van der Waals surface area contributed by atoms with Crippen LogP contribution in [-0.2, 0) is 0 Å². The smallest absolute Gasteiger partial charge is 0.133 e. The highest BCUT2D eigenvalue weighted by molar-refractivity contribution is 4.89. The molecule has 1 saturated heterocycles. The normalized spacial score (nSPS) is 31.2. The van der Waals surface area contributed by atoms with E-state index in [0.717, 1.165) is 19.6 Å². The van der Waals surface area contributed by atoms with E-state index < -0.39 is 5.72 Å². The zero-order chi connectivity index (χ0) is 9.90. The van der Waals surface area contributed by atoms with E-state index >= 15 is 0 Å². The van der Waals surface area contributed by atoms with Gasteiger partial charge in [0.1, 0.15) is 5.72 Å². The van der Waals surface area contributed by atoms with Gasteiger partial charge >= 0.3 is 0 Å². The Morgan fingerprint density at radius 1 is 1.62 bits per heavy atom. The lowest BCUT2D eigenvalue weighted by atomic mass is 9.95. The molecule has 4 N–H and O–H groups in total. The molecule has 1 rings (SSSR count). The van der Waals surface area contributed by atoms with Crippen LogP contribution in [0.1, 0.15) is 13.8 Å². The summed E-state index contributed by atoms with van der Waals surface area (Å²) in [6.45, 7) is 7.92. The second kappa shape index (κ2) is 4.37. The minimum absolute atomic E-state index is 0.229. The van der Waals surface area contributed by atoms with Gasteiger partial charge < -0.3 is 16.2 Å². The van der Waals surface area contributed by atoms with Gasteiger partial charge in [-0.3, -0.25) is 4.90 Å². The Hall–Kier alpha value is -0.160. The van der Waals surface area contributed by atoms with Crippen molar-refractivity contribution in [3.05, 3.63) is 0 Å². The Labute approximate surface area is 80.1 Å². The summed E-state index contributed by atoms with van der Waals surface area (Å²) < 4.78 is 0. The molecule has 1 aliphatic heterocycles. The van der Waals surface area contributed by atoms with E-state index in [2.05, 4.69) is 10.2 Å². The molecular weight excluding hydrogens is 166 g/mol. The SMILES string of the molecule is CC(C)C1(O)CNCCN1CCN. The maximum absolute atomic E-state index is 10.3. The molecule has 13 heavy (non-hydrogen) atoms. The first-order chi connectivity index (χ1) is 6.11. The molecule has 1 heterocycles. The van der Waals surface area contributed by atoms with E-state index in [0.29, 0.717) is 13.1 Å². The Bertz CT molecular complexity index is 161. The molecule has 0 aromatic rings. The number of rotatable bonds is 3. The number of hydrogen-bond donors (Lipinski definition) is 3. The van der Waals surface area contributed by atoms with Crippen LogP contribution in [-0.4, -0.2) is 48.5 Å². The molecule has 0 aliphatic carbocycles. The standard InChI is InChI=1S/C9H21N3O/c1-8(2)9(13)7-11-4-6-12(9)5-3-10/h8,11,13H,3-7,10H2,1-2H3. The summed E-state index contributed by atoms with van der Waals surface area (Å²) in [5, 5.41) is 13.6. The van der Waals surface area contributed by atoms with Crippen molar-refractivity contribution in [1.82, 2.24) is 10.2 Å². The van der Waals surface area contributed by atoms with Crippen LogP contribution in [0.3, 0.4) is 0 Å². The van der Waals surface area contributed by atoms with Crippen molar-refractivity contribution < 1.29 is 5.11 Å². The first-order valence-corrected chi connectivity index (χ1v) is 4.99. The van der Waals surface area contributed by atoms with Crippen LogP contribution in [0.4, 0.5) is 0 Å². The molecule has 0 spiro atoms. The minimum atomic E-state index is -0.711. The predicted octanol–water partition coefficient (Wildman–Crippen LogP) is -0.805. The molecule has 0 saturated carbocycles. The van der Waals surface area contributed by atoms with Crippen LogP contribution in [0.25, 0.3) is 0 Å². The van der Waals surface area contributed by atoms with Crippen LogP contribution in [0.15, 0.2) is 0 Å². The minimum Gasteiger partial charge on any atom is -0.374 e. The summed E-state index contributed by atoms with van der Waals surface area (Å²) in [6, 6.07) is 0. The zero-order valence-electron chi connectivity index (χ0n) is 8.58. The zero-order valence-corrected chi connectivity index (χ0v) is 8.58. The van der Waals surface area contributed by atoms with E-state index in [1.807, 2.05) is 13.8 Å². The first kappa shape index (κ1) is 10.9. The van der Waals surface area contributed by atoms with Crippen LogP contribution in [0.5, 0.6) is 0 Å². The van der Waals surface area contributed by atoms with Crippen LogP contribution >= 0.6 is 0 Å². The third-order valence-electron chi connectivity index (χ3n) is 2.81. The summed E-state index contributed by atoms with van der Waals surface area (Å²) >= 11 is 0. The average molecular weight is 187 g/mol. The van der Waals surface area contributed by atoms with Crippen molar-refractivity contribution in [1.29, 1.82) is 0 Å². The van der Waals surface area contributed by atoms with E-state index in [1.54, 1.807) is 0 Å². The molecule has 1 atom stereocenters. The van der Waals surface area contributed by atoms with Gasteiger partial charge in [0.15, 0.2) is 0 Å². The molecule has 1 aliphatic rings. The fraction of sp³-hybridized carbons (Fsp3) is 1.00.